The third-order valence-corrected chi connectivity index (χ3v) is 8.14. The number of ketones is 1. The number of aromatic nitrogens is 1. The van der Waals surface area contributed by atoms with Gasteiger partial charge in [0.05, 0.1) is 9.79 Å². The van der Waals surface area contributed by atoms with Crippen molar-refractivity contribution in [1.29, 1.82) is 0 Å². The number of rotatable bonds is 4. The molecule has 2 aromatic carbocycles. The van der Waals surface area contributed by atoms with Gasteiger partial charge in [-0.15, -0.1) is 0 Å². The SMILES string of the molecule is CN1CCN(c2ccc(CNC(=O)c3ccc4c(c3)S(=O)(=O)c3ccccc3C4=O)cn2)CC1. The first-order valence-electron chi connectivity index (χ1n) is 11.0. The Bertz CT molecular complexity index is 1380. The van der Waals surface area contributed by atoms with Crippen molar-refractivity contribution in [2.45, 2.75) is 16.3 Å². The highest BCUT2D eigenvalue weighted by molar-refractivity contribution is 7.91. The van der Waals surface area contributed by atoms with E-state index in [2.05, 4.69) is 27.1 Å². The van der Waals surface area contributed by atoms with E-state index in [1.54, 1.807) is 18.3 Å². The summed E-state index contributed by atoms with van der Waals surface area (Å²) in [5.41, 5.74) is 1.25. The van der Waals surface area contributed by atoms with Crippen molar-refractivity contribution in [1.82, 2.24) is 15.2 Å². The summed E-state index contributed by atoms with van der Waals surface area (Å²) < 4.78 is 26.2. The number of piperazine rings is 1. The number of hydrogen-bond donors (Lipinski definition) is 1. The number of likely N-dealkylation sites (N-methyl/N-ethyl adjacent to an activating group) is 1. The second-order valence-electron chi connectivity index (χ2n) is 8.54. The molecule has 174 valence electrons. The Kier molecular flexibility index (Phi) is 5.66. The molecule has 1 saturated heterocycles. The highest BCUT2D eigenvalue weighted by Crippen LogP contribution is 2.34. The Morgan fingerprint density at radius 2 is 1.71 bits per heavy atom. The smallest absolute Gasteiger partial charge is 0.251 e. The van der Waals surface area contributed by atoms with Crippen molar-refractivity contribution in [3.05, 3.63) is 83.0 Å². The quantitative estimate of drug-likeness (QED) is 0.482. The third kappa shape index (κ3) is 3.97. The normalized spacial score (nSPS) is 17.1. The van der Waals surface area contributed by atoms with Crippen LogP contribution in [0.5, 0.6) is 0 Å². The first-order valence-corrected chi connectivity index (χ1v) is 12.5. The monoisotopic (exact) mass is 476 g/mol. The minimum Gasteiger partial charge on any atom is -0.354 e. The van der Waals surface area contributed by atoms with Crippen LogP contribution < -0.4 is 10.2 Å². The summed E-state index contributed by atoms with van der Waals surface area (Å²) in [6.07, 6.45) is 1.74. The van der Waals surface area contributed by atoms with Gasteiger partial charge in [0, 0.05) is 55.6 Å². The van der Waals surface area contributed by atoms with Crippen LogP contribution >= 0.6 is 0 Å². The van der Waals surface area contributed by atoms with E-state index < -0.39 is 15.7 Å². The molecule has 1 aromatic heterocycles. The number of carbonyl (C=O) groups is 2. The molecule has 5 rings (SSSR count). The highest BCUT2D eigenvalue weighted by atomic mass is 32.2. The first-order chi connectivity index (χ1) is 16.3. The summed E-state index contributed by atoms with van der Waals surface area (Å²) in [5.74, 6) is 0.124. The predicted octanol–water partition coefficient (Wildman–Crippen LogP) is 2.14. The van der Waals surface area contributed by atoms with E-state index in [0.29, 0.717) is 0 Å². The van der Waals surface area contributed by atoms with Gasteiger partial charge in [-0.1, -0.05) is 18.2 Å². The second kappa shape index (κ2) is 8.66. The Morgan fingerprint density at radius 1 is 0.971 bits per heavy atom. The van der Waals surface area contributed by atoms with E-state index in [9.17, 15) is 18.0 Å². The van der Waals surface area contributed by atoms with Gasteiger partial charge in [-0.2, -0.15) is 0 Å². The van der Waals surface area contributed by atoms with Gasteiger partial charge < -0.3 is 15.1 Å². The maximum Gasteiger partial charge on any atom is 0.251 e. The maximum absolute atomic E-state index is 13.1. The Morgan fingerprint density at radius 3 is 2.44 bits per heavy atom. The molecule has 1 fully saturated rings. The Balaban J connectivity index is 1.30. The minimum atomic E-state index is -3.89. The molecule has 2 aliphatic heterocycles. The van der Waals surface area contributed by atoms with Gasteiger partial charge in [0.15, 0.2) is 5.78 Å². The second-order valence-corrected chi connectivity index (χ2v) is 10.4. The van der Waals surface area contributed by atoms with Crippen LogP contribution in [0.25, 0.3) is 0 Å². The van der Waals surface area contributed by atoms with Gasteiger partial charge in [0.2, 0.25) is 9.84 Å². The fourth-order valence-electron chi connectivity index (χ4n) is 4.25. The van der Waals surface area contributed by atoms with Crippen LogP contribution in [0.4, 0.5) is 5.82 Å². The number of fused-ring (bicyclic) bond motifs is 2. The zero-order valence-electron chi connectivity index (χ0n) is 18.7. The topological polar surface area (TPSA) is 99.7 Å². The van der Waals surface area contributed by atoms with Crippen molar-refractivity contribution >= 4 is 27.3 Å². The standard InChI is InChI=1S/C25H24N4O4S/c1-28-10-12-29(13-11-28)23-9-6-17(15-26-23)16-27-25(31)18-7-8-20-22(14-18)34(32,33)21-5-3-2-4-19(21)24(20)30/h2-9,14-15H,10-13,16H2,1H3,(H,27,31). The molecule has 34 heavy (non-hydrogen) atoms. The van der Waals surface area contributed by atoms with E-state index in [1.807, 2.05) is 12.1 Å². The summed E-state index contributed by atoms with van der Waals surface area (Å²) in [6, 6.07) is 14.2. The molecule has 0 bridgehead atoms. The van der Waals surface area contributed by atoms with Gasteiger partial charge >= 0.3 is 0 Å². The lowest BCUT2D eigenvalue weighted by Gasteiger charge is -2.33. The Labute approximate surface area is 198 Å². The van der Waals surface area contributed by atoms with Gasteiger partial charge in [0.1, 0.15) is 5.82 Å². The van der Waals surface area contributed by atoms with E-state index in [1.165, 1.54) is 30.3 Å². The lowest BCUT2D eigenvalue weighted by atomic mass is 10.0. The van der Waals surface area contributed by atoms with Crippen molar-refractivity contribution in [2.75, 3.05) is 38.1 Å². The van der Waals surface area contributed by atoms with Crippen molar-refractivity contribution < 1.29 is 18.0 Å². The van der Waals surface area contributed by atoms with E-state index in [4.69, 9.17) is 0 Å². The molecule has 1 N–H and O–H groups in total. The number of nitrogens with zero attached hydrogens (tertiary/aromatic N) is 3. The number of sulfone groups is 1. The van der Waals surface area contributed by atoms with Crippen LogP contribution in [0.15, 0.2) is 70.6 Å². The van der Waals surface area contributed by atoms with Gasteiger partial charge in [-0.3, -0.25) is 9.59 Å². The molecule has 8 nitrogen and oxygen atoms in total. The van der Waals surface area contributed by atoms with Crippen molar-refractivity contribution in [2.24, 2.45) is 0 Å². The number of carbonyl (C=O) groups excluding carboxylic acids is 2. The van der Waals surface area contributed by atoms with E-state index in [0.717, 1.165) is 37.6 Å². The minimum absolute atomic E-state index is 0.0310. The van der Waals surface area contributed by atoms with Gasteiger partial charge in [0.25, 0.3) is 5.91 Å². The van der Waals surface area contributed by atoms with Crippen LogP contribution in [-0.4, -0.2) is 63.2 Å². The van der Waals surface area contributed by atoms with Crippen LogP contribution in [0.3, 0.4) is 0 Å². The summed E-state index contributed by atoms with van der Waals surface area (Å²) in [6.45, 7) is 4.09. The molecule has 3 heterocycles. The lowest BCUT2D eigenvalue weighted by molar-refractivity contribution is 0.0948. The zero-order valence-corrected chi connectivity index (χ0v) is 19.5. The number of amides is 1. The molecule has 0 spiro atoms. The average Bonchev–Trinajstić information content (AvgIpc) is 2.86. The number of pyridine rings is 1. The highest BCUT2D eigenvalue weighted by Gasteiger charge is 2.35. The van der Waals surface area contributed by atoms with Crippen molar-refractivity contribution in [3.63, 3.8) is 0 Å². The number of anilines is 1. The first kappa shape index (κ1) is 22.2. The molecular weight excluding hydrogens is 452 g/mol. The van der Waals surface area contributed by atoms with Crippen LogP contribution in [-0.2, 0) is 16.4 Å². The summed E-state index contributed by atoms with van der Waals surface area (Å²) in [7, 11) is -1.79. The molecule has 0 saturated carbocycles. The van der Waals surface area contributed by atoms with Crippen LogP contribution in [0, 0.1) is 0 Å². The molecule has 0 aliphatic carbocycles. The zero-order chi connectivity index (χ0) is 23.9. The van der Waals surface area contributed by atoms with Gasteiger partial charge in [-0.05, 0) is 49.0 Å². The van der Waals surface area contributed by atoms with Gasteiger partial charge in [-0.25, -0.2) is 13.4 Å². The lowest BCUT2D eigenvalue weighted by Crippen LogP contribution is -2.44. The summed E-state index contributed by atoms with van der Waals surface area (Å²) in [5, 5.41) is 2.81. The predicted molar refractivity (Wildman–Crippen MR) is 127 cm³/mol. The number of nitrogens with one attached hydrogen (secondary N) is 1. The van der Waals surface area contributed by atoms with Crippen molar-refractivity contribution in [3.8, 4) is 0 Å². The summed E-state index contributed by atoms with van der Waals surface area (Å²) in [4.78, 5) is 34.4. The third-order valence-electron chi connectivity index (χ3n) is 6.29. The largest absolute Gasteiger partial charge is 0.354 e. The van der Waals surface area contributed by atoms with E-state index in [-0.39, 0.29) is 38.8 Å². The molecule has 1 amide bonds. The van der Waals surface area contributed by atoms with Crippen LogP contribution in [0.2, 0.25) is 0 Å². The average molecular weight is 477 g/mol. The fourth-order valence-corrected chi connectivity index (χ4v) is 5.93. The molecule has 0 atom stereocenters. The molecule has 3 aromatic rings. The number of benzene rings is 2. The van der Waals surface area contributed by atoms with Crippen LogP contribution in [0.1, 0.15) is 31.8 Å². The Hall–Kier alpha value is -3.56. The fraction of sp³-hybridized carbons (Fsp3) is 0.240. The molecule has 0 radical (unpaired) electrons. The molecular formula is C25H24N4O4S. The molecule has 9 heteroatoms. The maximum atomic E-state index is 13.1. The summed E-state index contributed by atoms with van der Waals surface area (Å²) >= 11 is 0. The van der Waals surface area contributed by atoms with E-state index >= 15 is 0 Å². The molecule has 2 aliphatic rings. The molecule has 0 unspecified atom stereocenters. The number of hydrogen-bond acceptors (Lipinski definition) is 7.